The predicted octanol–water partition coefficient (Wildman–Crippen LogP) is 1.64. The second-order valence-electron chi connectivity index (χ2n) is 6.41. The van der Waals surface area contributed by atoms with Crippen LogP contribution in [0, 0.1) is 0 Å². The van der Waals surface area contributed by atoms with Gasteiger partial charge in [0.2, 0.25) is 5.91 Å². The lowest BCUT2D eigenvalue weighted by atomic mass is 9.92. The van der Waals surface area contributed by atoms with Crippen molar-refractivity contribution in [1.29, 1.82) is 0 Å². The Morgan fingerprint density at radius 2 is 1.79 bits per heavy atom. The second-order valence-corrected chi connectivity index (χ2v) is 6.41. The molecule has 0 bridgehead atoms. The molecule has 0 aromatic heterocycles. The van der Waals surface area contributed by atoms with Gasteiger partial charge < -0.3 is 15.4 Å². The molecule has 3 rings (SSSR count). The number of rotatable bonds is 3. The van der Waals surface area contributed by atoms with Gasteiger partial charge in [0.15, 0.2) is 0 Å². The van der Waals surface area contributed by atoms with Crippen molar-refractivity contribution in [2.24, 2.45) is 5.73 Å². The van der Waals surface area contributed by atoms with E-state index in [2.05, 4.69) is 4.90 Å². The minimum absolute atomic E-state index is 0. The first kappa shape index (κ1) is 21.2. The summed E-state index contributed by atoms with van der Waals surface area (Å²) in [6, 6.07) is 10.1. The van der Waals surface area contributed by atoms with Crippen molar-refractivity contribution < 1.29 is 9.53 Å². The first-order chi connectivity index (χ1) is 10.6. The van der Waals surface area contributed by atoms with Crippen LogP contribution in [0.1, 0.15) is 18.9 Å². The quantitative estimate of drug-likeness (QED) is 0.872. The van der Waals surface area contributed by atoms with E-state index in [-0.39, 0.29) is 30.7 Å². The van der Waals surface area contributed by atoms with Gasteiger partial charge in [0.1, 0.15) is 5.54 Å². The molecule has 136 valence electrons. The lowest BCUT2D eigenvalue weighted by molar-refractivity contribution is -0.135. The van der Waals surface area contributed by atoms with Crippen LogP contribution in [0.2, 0.25) is 0 Å². The molecule has 1 aromatic rings. The molecule has 1 aromatic carbocycles. The normalized spacial score (nSPS) is 23.8. The zero-order chi connectivity index (χ0) is 15.6. The molecule has 2 heterocycles. The Morgan fingerprint density at radius 1 is 1.17 bits per heavy atom. The van der Waals surface area contributed by atoms with Crippen molar-refractivity contribution in [3.8, 4) is 0 Å². The minimum Gasteiger partial charge on any atom is -0.379 e. The van der Waals surface area contributed by atoms with Gasteiger partial charge in [-0.2, -0.15) is 0 Å². The number of halogens is 2. The van der Waals surface area contributed by atoms with E-state index in [0.717, 1.165) is 51.4 Å². The van der Waals surface area contributed by atoms with Crippen molar-refractivity contribution in [1.82, 2.24) is 9.80 Å². The topological polar surface area (TPSA) is 58.8 Å². The molecule has 2 unspecified atom stereocenters. The standard InChI is InChI=1S/C17H25N3O2.2ClH/c1-17(18,14-5-3-2-4-6-14)16(21)20-8-7-15(13-20)19-9-11-22-12-10-19;;/h2-6,15H,7-13,18H2,1H3;2*1H. The van der Waals surface area contributed by atoms with Crippen LogP contribution in [-0.4, -0.2) is 61.1 Å². The molecule has 0 saturated carbocycles. The van der Waals surface area contributed by atoms with E-state index in [1.54, 1.807) is 0 Å². The average molecular weight is 376 g/mol. The number of likely N-dealkylation sites (tertiary alicyclic amines) is 1. The number of amides is 1. The van der Waals surface area contributed by atoms with Gasteiger partial charge in [0.25, 0.3) is 0 Å². The molecule has 2 aliphatic rings. The Hall–Kier alpha value is -0.850. The fraction of sp³-hybridized carbons (Fsp3) is 0.588. The van der Waals surface area contributed by atoms with Crippen molar-refractivity contribution in [2.75, 3.05) is 39.4 Å². The van der Waals surface area contributed by atoms with Gasteiger partial charge in [0, 0.05) is 32.2 Å². The minimum atomic E-state index is -0.957. The molecule has 1 amide bonds. The molecule has 0 radical (unpaired) electrons. The molecule has 0 spiro atoms. The number of hydrogen-bond donors (Lipinski definition) is 1. The van der Waals surface area contributed by atoms with Crippen LogP contribution in [0.25, 0.3) is 0 Å². The SMILES string of the molecule is CC(N)(C(=O)N1CCC(N2CCOCC2)C1)c1ccccc1.Cl.Cl. The lowest BCUT2D eigenvalue weighted by Crippen LogP contribution is -2.51. The number of nitrogens with two attached hydrogens (primary N) is 1. The van der Waals surface area contributed by atoms with Crippen molar-refractivity contribution in [2.45, 2.75) is 24.9 Å². The highest BCUT2D eigenvalue weighted by atomic mass is 35.5. The summed E-state index contributed by atoms with van der Waals surface area (Å²) in [5.74, 6) is 0.0226. The molecular weight excluding hydrogens is 349 g/mol. The fourth-order valence-electron chi connectivity index (χ4n) is 3.40. The van der Waals surface area contributed by atoms with Crippen LogP contribution in [0.4, 0.5) is 0 Å². The van der Waals surface area contributed by atoms with Gasteiger partial charge in [-0.15, -0.1) is 24.8 Å². The highest BCUT2D eigenvalue weighted by molar-refractivity contribution is 5.87. The third-order valence-corrected chi connectivity index (χ3v) is 4.83. The summed E-state index contributed by atoms with van der Waals surface area (Å²) in [7, 11) is 0. The Morgan fingerprint density at radius 3 is 2.42 bits per heavy atom. The predicted molar refractivity (Wildman–Crippen MR) is 99.9 cm³/mol. The number of carbonyl (C=O) groups is 1. The van der Waals surface area contributed by atoms with Crippen LogP contribution >= 0.6 is 24.8 Å². The Bertz CT molecular complexity index is 522. The molecule has 0 aliphatic carbocycles. The van der Waals surface area contributed by atoms with Gasteiger partial charge in [-0.1, -0.05) is 30.3 Å². The van der Waals surface area contributed by atoms with Gasteiger partial charge in [0.05, 0.1) is 13.2 Å². The monoisotopic (exact) mass is 375 g/mol. The summed E-state index contributed by atoms with van der Waals surface area (Å²) in [4.78, 5) is 17.2. The number of carbonyl (C=O) groups excluding carboxylic acids is 1. The average Bonchev–Trinajstić information content (AvgIpc) is 3.05. The van der Waals surface area contributed by atoms with Crippen LogP contribution in [0.3, 0.4) is 0 Å². The number of nitrogens with zero attached hydrogens (tertiary/aromatic N) is 2. The summed E-state index contributed by atoms with van der Waals surface area (Å²) in [5.41, 5.74) is 6.27. The first-order valence-corrected chi connectivity index (χ1v) is 8.04. The van der Waals surface area contributed by atoms with E-state index < -0.39 is 5.54 Å². The molecule has 2 atom stereocenters. The second kappa shape index (κ2) is 9.02. The highest BCUT2D eigenvalue weighted by Crippen LogP contribution is 2.24. The smallest absolute Gasteiger partial charge is 0.247 e. The molecular formula is C17H27Cl2N3O2. The third kappa shape index (κ3) is 4.41. The summed E-state index contributed by atoms with van der Waals surface area (Å²) >= 11 is 0. The molecule has 24 heavy (non-hydrogen) atoms. The van der Waals surface area contributed by atoms with Gasteiger partial charge in [-0.3, -0.25) is 9.69 Å². The highest BCUT2D eigenvalue weighted by Gasteiger charge is 2.39. The summed E-state index contributed by atoms with van der Waals surface area (Å²) in [6.07, 6.45) is 1.02. The van der Waals surface area contributed by atoms with Crippen molar-refractivity contribution in [3.63, 3.8) is 0 Å². The zero-order valence-corrected chi connectivity index (χ0v) is 15.7. The molecule has 5 nitrogen and oxygen atoms in total. The van der Waals surface area contributed by atoms with E-state index in [0.29, 0.717) is 6.04 Å². The van der Waals surface area contributed by atoms with E-state index in [1.165, 1.54) is 0 Å². The number of morpholine rings is 1. The number of ether oxygens (including phenoxy) is 1. The Balaban J connectivity index is 0.00000144. The third-order valence-electron chi connectivity index (χ3n) is 4.83. The van der Waals surface area contributed by atoms with Crippen LogP contribution < -0.4 is 5.73 Å². The lowest BCUT2D eigenvalue weighted by Gasteiger charge is -2.33. The maximum absolute atomic E-state index is 12.9. The number of hydrogen-bond acceptors (Lipinski definition) is 4. The summed E-state index contributed by atoms with van der Waals surface area (Å²) in [6.45, 7) is 6.90. The van der Waals surface area contributed by atoms with E-state index in [4.69, 9.17) is 10.5 Å². The van der Waals surface area contributed by atoms with Crippen LogP contribution in [-0.2, 0) is 15.1 Å². The maximum Gasteiger partial charge on any atom is 0.247 e. The van der Waals surface area contributed by atoms with Gasteiger partial charge >= 0.3 is 0 Å². The Kier molecular flexibility index (Phi) is 7.96. The zero-order valence-electron chi connectivity index (χ0n) is 14.0. The molecule has 2 saturated heterocycles. The summed E-state index contributed by atoms with van der Waals surface area (Å²) < 4.78 is 5.40. The van der Waals surface area contributed by atoms with E-state index >= 15 is 0 Å². The Labute approximate surface area is 156 Å². The molecule has 7 heteroatoms. The van der Waals surface area contributed by atoms with E-state index in [9.17, 15) is 4.79 Å². The van der Waals surface area contributed by atoms with Crippen molar-refractivity contribution >= 4 is 30.7 Å². The number of benzene rings is 1. The largest absolute Gasteiger partial charge is 0.379 e. The molecule has 2 fully saturated rings. The van der Waals surface area contributed by atoms with Gasteiger partial charge in [-0.05, 0) is 18.9 Å². The van der Waals surface area contributed by atoms with Crippen LogP contribution in [0.15, 0.2) is 30.3 Å². The fourth-order valence-corrected chi connectivity index (χ4v) is 3.40. The summed E-state index contributed by atoms with van der Waals surface area (Å²) in [5, 5.41) is 0. The van der Waals surface area contributed by atoms with Gasteiger partial charge in [-0.25, -0.2) is 0 Å². The maximum atomic E-state index is 12.9. The molecule has 2 aliphatic heterocycles. The van der Waals surface area contributed by atoms with Crippen LogP contribution in [0.5, 0.6) is 0 Å². The van der Waals surface area contributed by atoms with E-state index in [1.807, 2.05) is 42.2 Å². The molecule has 2 N–H and O–H groups in total. The van der Waals surface area contributed by atoms with Crippen molar-refractivity contribution in [3.05, 3.63) is 35.9 Å². The first-order valence-electron chi connectivity index (χ1n) is 8.04.